The van der Waals surface area contributed by atoms with Gasteiger partial charge in [-0.15, -0.1) is 0 Å². The SMILES string of the molecule is CC(O)c1ccc(OCc2cncc(Br)c2)cc1F. The molecule has 1 atom stereocenters. The van der Waals surface area contributed by atoms with E-state index in [-0.39, 0.29) is 5.56 Å². The highest BCUT2D eigenvalue weighted by Crippen LogP contribution is 2.22. The molecular weight excluding hydrogens is 313 g/mol. The van der Waals surface area contributed by atoms with Crippen LogP contribution in [-0.4, -0.2) is 10.1 Å². The number of benzene rings is 1. The quantitative estimate of drug-likeness (QED) is 0.933. The first kappa shape index (κ1) is 14.0. The van der Waals surface area contributed by atoms with Gasteiger partial charge in [0.25, 0.3) is 0 Å². The third kappa shape index (κ3) is 3.75. The van der Waals surface area contributed by atoms with Crippen LogP contribution in [0.2, 0.25) is 0 Å². The molecule has 0 aliphatic carbocycles. The number of rotatable bonds is 4. The fourth-order valence-electron chi connectivity index (χ4n) is 1.64. The molecule has 0 spiro atoms. The Balaban J connectivity index is 2.06. The number of aliphatic hydroxyl groups excluding tert-OH is 1. The summed E-state index contributed by atoms with van der Waals surface area (Å²) in [6.45, 7) is 1.83. The average molecular weight is 326 g/mol. The van der Waals surface area contributed by atoms with Crippen molar-refractivity contribution in [2.24, 2.45) is 0 Å². The van der Waals surface area contributed by atoms with E-state index in [1.54, 1.807) is 18.5 Å². The highest BCUT2D eigenvalue weighted by atomic mass is 79.9. The molecule has 1 aromatic heterocycles. The van der Waals surface area contributed by atoms with Gasteiger partial charge in [-0.25, -0.2) is 4.39 Å². The third-order valence-corrected chi connectivity index (χ3v) is 3.02. The summed E-state index contributed by atoms with van der Waals surface area (Å²) in [6.07, 6.45) is 2.54. The third-order valence-electron chi connectivity index (χ3n) is 2.59. The van der Waals surface area contributed by atoms with E-state index in [1.807, 2.05) is 6.07 Å². The summed E-state index contributed by atoms with van der Waals surface area (Å²) >= 11 is 3.32. The lowest BCUT2D eigenvalue weighted by Crippen LogP contribution is -1.99. The van der Waals surface area contributed by atoms with Crippen molar-refractivity contribution in [3.8, 4) is 5.75 Å². The summed E-state index contributed by atoms with van der Waals surface area (Å²) in [5.41, 5.74) is 1.14. The van der Waals surface area contributed by atoms with Crippen molar-refractivity contribution in [1.82, 2.24) is 4.98 Å². The summed E-state index contributed by atoms with van der Waals surface area (Å²) in [6, 6.07) is 6.31. The first-order chi connectivity index (χ1) is 9.06. The van der Waals surface area contributed by atoms with E-state index in [0.717, 1.165) is 10.0 Å². The van der Waals surface area contributed by atoms with E-state index < -0.39 is 11.9 Å². The summed E-state index contributed by atoms with van der Waals surface area (Å²) < 4.78 is 20.0. The van der Waals surface area contributed by atoms with Gasteiger partial charge >= 0.3 is 0 Å². The topological polar surface area (TPSA) is 42.4 Å². The zero-order chi connectivity index (χ0) is 13.8. The van der Waals surface area contributed by atoms with Gasteiger partial charge in [0.15, 0.2) is 0 Å². The first-order valence-electron chi connectivity index (χ1n) is 5.76. The number of pyridine rings is 1. The largest absolute Gasteiger partial charge is 0.489 e. The molecule has 1 unspecified atom stereocenters. The molecule has 3 nitrogen and oxygen atoms in total. The number of halogens is 2. The second-order valence-corrected chi connectivity index (χ2v) is 5.08. The Morgan fingerprint density at radius 3 is 2.79 bits per heavy atom. The average Bonchev–Trinajstić information content (AvgIpc) is 2.36. The summed E-state index contributed by atoms with van der Waals surface area (Å²) in [7, 11) is 0. The van der Waals surface area contributed by atoms with Gasteiger partial charge in [0.2, 0.25) is 0 Å². The number of hydrogen-bond acceptors (Lipinski definition) is 3. The second kappa shape index (κ2) is 6.12. The Kier molecular flexibility index (Phi) is 4.50. The first-order valence-corrected chi connectivity index (χ1v) is 6.55. The van der Waals surface area contributed by atoms with Gasteiger partial charge < -0.3 is 9.84 Å². The van der Waals surface area contributed by atoms with Crippen LogP contribution >= 0.6 is 15.9 Å². The molecular formula is C14H13BrFNO2. The molecule has 1 N–H and O–H groups in total. The predicted octanol–water partition coefficient (Wildman–Crippen LogP) is 3.62. The van der Waals surface area contributed by atoms with E-state index >= 15 is 0 Å². The van der Waals surface area contributed by atoms with Crippen molar-refractivity contribution in [3.05, 3.63) is 58.1 Å². The van der Waals surface area contributed by atoms with Crippen molar-refractivity contribution in [2.75, 3.05) is 0 Å². The molecule has 0 bridgehead atoms. The van der Waals surface area contributed by atoms with Gasteiger partial charge in [0.1, 0.15) is 18.2 Å². The predicted molar refractivity (Wildman–Crippen MR) is 73.3 cm³/mol. The van der Waals surface area contributed by atoms with Crippen molar-refractivity contribution < 1.29 is 14.2 Å². The van der Waals surface area contributed by atoms with Gasteiger partial charge in [-0.1, -0.05) is 0 Å². The number of aromatic nitrogens is 1. The smallest absolute Gasteiger partial charge is 0.132 e. The van der Waals surface area contributed by atoms with Gasteiger partial charge in [0, 0.05) is 34.1 Å². The Labute approximate surface area is 119 Å². The lowest BCUT2D eigenvalue weighted by molar-refractivity contribution is 0.194. The van der Waals surface area contributed by atoms with Crippen LogP contribution in [0.3, 0.4) is 0 Å². The lowest BCUT2D eigenvalue weighted by atomic mass is 10.1. The minimum Gasteiger partial charge on any atom is -0.489 e. The van der Waals surface area contributed by atoms with Crippen LogP contribution in [0, 0.1) is 5.82 Å². The molecule has 1 heterocycles. The zero-order valence-electron chi connectivity index (χ0n) is 10.3. The van der Waals surface area contributed by atoms with Crippen molar-refractivity contribution in [1.29, 1.82) is 0 Å². The van der Waals surface area contributed by atoms with Gasteiger partial charge in [-0.2, -0.15) is 0 Å². The van der Waals surface area contributed by atoms with Crippen molar-refractivity contribution >= 4 is 15.9 Å². The fraction of sp³-hybridized carbons (Fsp3) is 0.214. The summed E-state index contributed by atoms with van der Waals surface area (Å²) in [5, 5.41) is 9.34. The number of hydrogen-bond donors (Lipinski definition) is 1. The van der Waals surface area contributed by atoms with Crippen LogP contribution in [-0.2, 0) is 6.61 Å². The van der Waals surface area contributed by atoms with Crippen LogP contribution in [0.5, 0.6) is 5.75 Å². The molecule has 0 aliphatic heterocycles. The van der Waals surface area contributed by atoms with Crippen LogP contribution in [0.1, 0.15) is 24.2 Å². The Hall–Kier alpha value is -1.46. The second-order valence-electron chi connectivity index (χ2n) is 4.16. The minimum absolute atomic E-state index is 0.261. The molecule has 19 heavy (non-hydrogen) atoms. The summed E-state index contributed by atoms with van der Waals surface area (Å²) in [5.74, 6) is -0.0539. The van der Waals surface area contributed by atoms with Crippen LogP contribution in [0.25, 0.3) is 0 Å². The zero-order valence-corrected chi connectivity index (χ0v) is 11.9. The van der Waals surface area contributed by atoms with E-state index in [4.69, 9.17) is 4.74 Å². The van der Waals surface area contributed by atoms with Crippen LogP contribution in [0.4, 0.5) is 4.39 Å². The van der Waals surface area contributed by atoms with Gasteiger partial charge in [0.05, 0.1) is 6.10 Å². The molecule has 0 fully saturated rings. The molecule has 5 heteroatoms. The molecule has 100 valence electrons. The van der Waals surface area contributed by atoms with E-state index in [0.29, 0.717) is 12.4 Å². The Bertz CT molecular complexity index is 575. The van der Waals surface area contributed by atoms with Crippen molar-refractivity contribution in [3.63, 3.8) is 0 Å². The number of ether oxygens (including phenoxy) is 1. The van der Waals surface area contributed by atoms with Crippen LogP contribution < -0.4 is 4.74 Å². The van der Waals surface area contributed by atoms with Crippen molar-refractivity contribution in [2.45, 2.75) is 19.6 Å². The molecule has 1 aromatic carbocycles. The molecule has 2 rings (SSSR count). The van der Waals surface area contributed by atoms with Gasteiger partial charge in [-0.05, 0) is 41.1 Å². The van der Waals surface area contributed by atoms with E-state index in [9.17, 15) is 9.50 Å². The normalized spacial score (nSPS) is 12.2. The van der Waals surface area contributed by atoms with E-state index in [1.165, 1.54) is 19.1 Å². The van der Waals surface area contributed by atoms with Gasteiger partial charge in [-0.3, -0.25) is 4.98 Å². The maximum Gasteiger partial charge on any atom is 0.132 e. The molecule has 0 amide bonds. The van der Waals surface area contributed by atoms with Crippen LogP contribution in [0.15, 0.2) is 41.1 Å². The standard InChI is InChI=1S/C14H13BrFNO2/c1-9(18)13-3-2-12(5-14(13)16)19-8-10-4-11(15)7-17-6-10/h2-7,9,18H,8H2,1H3. The van der Waals surface area contributed by atoms with E-state index in [2.05, 4.69) is 20.9 Å². The molecule has 0 radical (unpaired) electrons. The molecule has 2 aromatic rings. The summed E-state index contributed by atoms with van der Waals surface area (Å²) in [4.78, 5) is 4.02. The highest BCUT2D eigenvalue weighted by Gasteiger charge is 2.09. The fourth-order valence-corrected chi connectivity index (χ4v) is 2.05. The lowest BCUT2D eigenvalue weighted by Gasteiger charge is -2.10. The Morgan fingerprint density at radius 1 is 1.37 bits per heavy atom. The molecule has 0 saturated carbocycles. The maximum absolute atomic E-state index is 13.6. The Morgan fingerprint density at radius 2 is 2.16 bits per heavy atom. The monoisotopic (exact) mass is 325 g/mol. The molecule has 0 saturated heterocycles. The molecule has 0 aliphatic rings. The number of nitrogens with zero attached hydrogens (tertiary/aromatic N) is 1. The minimum atomic E-state index is -0.830. The maximum atomic E-state index is 13.6. The number of aliphatic hydroxyl groups is 1. The highest BCUT2D eigenvalue weighted by molar-refractivity contribution is 9.10.